The van der Waals surface area contributed by atoms with Gasteiger partial charge in [0.25, 0.3) is 0 Å². The maximum atomic E-state index is 13.3. The fourth-order valence-electron chi connectivity index (χ4n) is 1.63. The van der Waals surface area contributed by atoms with E-state index < -0.39 is 5.82 Å². The molecule has 1 heterocycles. The Morgan fingerprint density at radius 2 is 2.14 bits per heavy atom. The van der Waals surface area contributed by atoms with Crippen LogP contribution in [0.25, 0.3) is 6.08 Å². The van der Waals surface area contributed by atoms with Gasteiger partial charge in [-0.15, -0.1) is 11.3 Å². The second-order valence-corrected chi connectivity index (χ2v) is 5.37. The van der Waals surface area contributed by atoms with Gasteiger partial charge in [-0.25, -0.2) is 4.39 Å². The molecule has 0 bridgehead atoms. The summed E-state index contributed by atoms with van der Waals surface area (Å²) >= 11 is 1.57. The lowest BCUT2D eigenvalue weighted by Gasteiger charge is -2.15. The zero-order valence-electron chi connectivity index (χ0n) is 11.7. The Morgan fingerprint density at radius 1 is 1.33 bits per heavy atom. The molecule has 0 unspecified atom stereocenters. The molecule has 1 aromatic carbocycles. The molecule has 2 rings (SSSR count). The van der Waals surface area contributed by atoms with Gasteiger partial charge in [0, 0.05) is 18.0 Å². The topological polar surface area (TPSA) is 29.5 Å². The first kappa shape index (κ1) is 15.3. The van der Waals surface area contributed by atoms with Crippen LogP contribution >= 0.6 is 11.3 Å². The van der Waals surface area contributed by atoms with E-state index in [0.29, 0.717) is 6.54 Å². The van der Waals surface area contributed by atoms with E-state index in [4.69, 9.17) is 4.74 Å². The minimum absolute atomic E-state index is 0.111. The number of rotatable bonds is 6. The van der Waals surface area contributed by atoms with E-state index in [1.165, 1.54) is 17.0 Å². The van der Waals surface area contributed by atoms with Crippen molar-refractivity contribution >= 4 is 23.3 Å². The molecule has 5 heteroatoms. The minimum Gasteiger partial charge on any atom is -0.489 e. The summed E-state index contributed by atoms with van der Waals surface area (Å²) in [4.78, 5) is 14.4. The first-order valence-electron chi connectivity index (χ1n) is 6.51. The monoisotopic (exact) mass is 305 g/mol. The predicted molar refractivity (Wildman–Crippen MR) is 82.9 cm³/mol. The molecule has 0 aliphatic rings. The molecule has 0 N–H and O–H groups in total. The summed E-state index contributed by atoms with van der Waals surface area (Å²) < 4.78 is 18.7. The van der Waals surface area contributed by atoms with E-state index in [1.807, 2.05) is 17.5 Å². The van der Waals surface area contributed by atoms with E-state index >= 15 is 0 Å². The average molecular weight is 305 g/mol. The van der Waals surface area contributed by atoms with Crippen LogP contribution in [0.5, 0.6) is 5.75 Å². The van der Waals surface area contributed by atoms with Crippen LogP contribution in [0.15, 0.2) is 47.9 Å². The van der Waals surface area contributed by atoms with Crippen molar-refractivity contribution in [3.63, 3.8) is 0 Å². The number of halogens is 1. The SMILES string of the molecule is CN(CCOc1ccccc1F)C(=O)/C=C/c1cccs1. The lowest BCUT2D eigenvalue weighted by molar-refractivity contribution is -0.125. The number of ether oxygens (including phenoxy) is 1. The van der Waals surface area contributed by atoms with Crippen LogP contribution in [-0.4, -0.2) is 31.0 Å². The summed E-state index contributed by atoms with van der Waals surface area (Å²) in [5.74, 6) is -0.308. The Balaban J connectivity index is 1.78. The van der Waals surface area contributed by atoms with Gasteiger partial charge in [-0.2, -0.15) is 0 Å². The molecule has 0 spiro atoms. The van der Waals surface area contributed by atoms with Crippen molar-refractivity contribution in [1.29, 1.82) is 0 Å². The van der Waals surface area contributed by atoms with Gasteiger partial charge in [-0.05, 0) is 29.7 Å². The number of nitrogens with zero attached hydrogens (tertiary/aromatic N) is 1. The molecule has 0 radical (unpaired) electrons. The number of likely N-dealkylation sites (N-methyl/N-ethyl adjacent to an activating group) is 1. The second kappa shape index (κ2) is 7.59. The molecule has 0 saturated carbocycles. The van der Waals surface area contributed by atoms with Crippen LogP contribution in [0.3, 0.4) is 0 Å². The Hall–Kier alpha value is -2.14. The highest BCUT2D eigenvalue weighted by molar-refractivity contribution is 7.10. The van der Waals surface area contributed by atoms with Crippen LogP contribution < -0.4 is 4.74 Å². The van der Waals surface area contributed by atoms with Crippen molar-refractivity contribution in [2.75, 3.05) is 20.2 Å². The van der Waals surface area contributed by atoms with Gasteiger partial charge in [0.15, 0.2) is 11.6 Å². The maximum Gasteiger partial charge on any atom is 0.246 e. The average Bonchev–Trinajstić information content (AvgIpc) is 3.00. The highest BCUT2D eigenvalue weighted by atomic mass is 32.1. The number of hydrogen-bond donors (Lipinski definition) is 0. The lowest BCUT2D eigenvalue weighted by atomic mass is 10.3. The van der Waals surface area contributed by atoms with Crippen LogP contribution in [0.1, 0.15) is 4.88 Å². The van der Waals surface area contributed by atoms with E-state index in [2.05, 4.69) is 0 Å². The zero-order chi connectivity index (χ0) is 15.1. The van der Waals surface area contributed by atoms with E-state index in [0.717, 1.165) is 4.88 Å². The maximum absolute atomic E-state index is 13.3. The number of benzene rings is 1. The molecule has 110 valence electrons. The van der Waals surface area contributed by atoms with Crippen molar-refractivity contribution in [2.24, 2.45) is 0 Å². The molecule has 2 aromatic rings. The van der Waals surface area contributed by atoms with E-state index in [1.54, 1.807) is 42.7 Å². The third kappa shape index (κ3) is 4.72. The van der Waals surface area contributed by atoms with Crippen molar-refractivity contribution in [3.8, 4) is 5.75 Å². The van der Waals surface area contributed by atoms with Crippen molar-refractivity contribution in [2.45, 2.75) is 0 Å². The fourth-order valence-corrected chi connectivity index (χ4v) is 2.25. The lowest BCUT2D eigenvalue weighted by Crippen LogP contribution is -2.29. The summed E-state index contributed by atoms with van der Waals surface area (Å²) in [6.07, 6.45) is 3.30. The van der Waals surface area contributed by atoms with Gasteiger partial charge < -0.3 is 9.64 Å². The summed E-state index contributed by atoms with van der Waals surface area (Å²) in [5, 5.41) is 1.95. The van der Waals surface area contributed by atoms with Crippen LogP contribution in [0, 0.1) is 5.82 Å². The van der Waals surface area contributed by atoms with Gasteiger partial charge >= 0.3 is 0 Å². The zero-order valence-corrected chi connectivity index (χ0v) is 12.5. The molecule has 1 amide bonds. The summed E-state index contributed by atoms with van der Waals surface area (Å²) in [6, 6.07) is 10.1. The second-order valence-electron chi connectivity index (χ2n) is 4.39. The molecule has 1 aromatic heterocycles. The van der Waals surface area contributed by atoms with E-state index in [9.17, 15) is 9.18 Å². The van der Waals surface area contributed by atoms with Crippen molar-refractivity contribution in [1.82, 2.24) is 4.90 Å². The van der Waals surface area contributed by atoms with Gasteiger partial charge in [0.05, 0.1) is 6.54 Å². The molecular weight excluding hydrogens is 289 g/mol. The number of hydrogen-bond acceptors (Lipinski definition) is 3. The third-order valence-corrected chi connectivity index (χ3v) is 3.67. The molecule has 21 heavy (non-hydrogen) atoms. The van der Waals surface area contributed by atoms with E-state index in [-0.39, 0.29) is 18.3 Å². The molecule has 0 atom stereocenters. The molecular formula is C16H16FNO2S. The summed E-state index contributed by atoms with van der Waals surface area (Å²) in [6.45, 7) is 0.637. The first-order valence-corrected chi connectivity index (χ1v) is 7.39. The smallest absolute Gasteiger partial charge is 0.246 e. The summed E-state index contributed by atoms with van der Waals surface area (Å²) in [5.41, 5.74) is 0. The Bertz CT molecular complexity index is 610. The van der Waals surface area contributed by atoms with Crippen LogP contribution in [0.2, 0.25) is 0 Å². The Morgan fingerprint density at radius 3 is 2.86 bits per heavy atom. The quantitative estimate of drug-likeness (QED) is 0.765. The normalized spacial score (nSPS) is 10.8. The largest absolute Gasteiger partial charge is 0.489 e. The number of amides is 1. The molecule has 3 nitrogen and oxygen atoms in total. The molecule has 0 aliphatic carbocycles. The highest BCUT2D eigenvalue weighted by Gasteiger charge is 2.06. The first-order chi connectivity index (χ1) is 10.2. The third-order valence-electron chi connectivity index (χ3n) is 2.83. The Labute approximate surface area is 127 Å². The van der Waals surface area contributed by atoms with Gasteiger partial charge in [0.2, 0.25) is 5.91 Å². The molecule has 0 fully saturated rings. The summed E-state index contributed by atoms with van der Waals surface area (Å²) in [7, 11) is 1.69. The van der Waals surface area contributed by atoms with Gasteiger partial charge in [0.1, 0.15) is 6.61 Å². The van der Waals surface area contributed by atoms with Crippen LogP contribution in [0.4, 0.5) is 4.39 Å². The number of carbonyl (C=O) groups excluding carboxylic acids is 1. The highest BCUT2D eigenvalue weighted by Crippen LogP contribution is 2.15. The number of para-hydroxylation sites is 1. The molecule has 0 aliphatic heterocycles. The number of thiophene rings is 1. The van der Waals surface area contributed by atoms with Crippen molar-refractivity contribution in [3.05, 3.63) is 58.5 Å². The standard InChI is InChI=1S/C16H16FNO2S/c1-18(16(19)9-8-13-5-4-12-21-13)10-11-20-15-7-3-2-6-14(15)17/h2-9,12H,10-11H2,1H3/b9-8+. The van der Waals surface area contributed by atoms with Gasteiger partial charge in [-0.3, -0.25) is 4.79 Å². The van der Waals surface area contributed by atoms with Gasteiger partial charge in [-0.1, -0.05) is 18.2 Å². The number of carbonyl (C=O) groups is 1. The minimum atomic E-state index is -0.399. The Kier molecular flexibility index (Phi) is 5.51. The predicted octanol–water partition coefficient (Wildman–Crippen LogP) is 3.44. The fraction of sp³-hybridized carbons (Fsp3) is 0.188. The van der Waals surface area contributed by atoms with Crippen molar-refractivity contribution < 1.29 is 13.9 Å². The van der Waals surface area contributed by atoms with Crippen LogP contribution in [-0.2, 0) is 4.79 Å². The molecule has 0 saturated heterocycles.